The van der Waals surface area contributed by atoms with Crippen molar-refractivity contribution in [3.63, 3.8) is 0 Å². The molecule has 0 amide bonds. The Kier molecular flexibility index (Phi) is 7.90. The van der Waals surface area contributed by atoms with Crippen LogP contribution in [0.2, 0.25) is 0 Å². The molecule has 0 aliphatic carbocycles. The number of halogens is 1. The van der Waals surface area contributed by atoms with Crippen LogP contribution in [-0.2, 0) is 10.0 Å². The fraction of sp³-hybridized carbons (Fsp3) is 0.800. The Morgan fingerprint density at radius 3 is 2.06 bits per heavy atom. The van der Waals surface area contributed by atoms with Gasteiger partial charge in [0.25, 0.3) is 0 Å². The van der Waals surface area contributed by atoms with Crippen molar-refractivity contribution in [3.8, 4) is 12.1 Å². The summed E-state index contributed by atoms with van der Waals surface area (Å²) in [4.78, 5) is 0. The Labute approximate surface area is 108 Å². The van der Waals surface area contributed by atoms with Gasteiger partial charge in [-0.15, -0.1) is 11.6 Å². The molecule has 7 heteroatoms. The summed E-state index contributed by atoms with van der Waals surface area (Å²) in [6, 6.07) is 3.80. The van der Waals surface area contributed by atoms with E-state index >= 15 is 0 Å². The third kappa shape index (κ3) is 6.48. The lowest BCUT2D eigenvalue weighted by molar-refractivity contribution is 0.420. The van der Waals surface area contributed by atoms with E-state index < -0.39 is 10.0 Å². The molecule has 1 unspecified atom stereocenters. The van der Waals surface area contributed by atoms with Crippen LogP contribution in [0.25, 0.3) is 0 Å². The molecule has 0 fully saturated rings. The zero-order valence-corrected chi connectivity index (χ0v) is 11.3. The minimum Gasteiger partial charge on any atom is -0.212 e. The molecule has 0 N–H and O–H groups in total. The van der Waals surface area contributed by atoms with Gasteiger partial charge in [-0.1, -0.05) is 6.92 Å². The van der Waals surface area contributed by atoms with E-state index in [1.54, 1.807) is 6.92 Å². The van der Waals surface area contributed by atoms with E-state index in [0.29, 0.717) is 0 Å². The fourth-order valence-electron chi connectivity index (χ4n) is 1.25. The average Bonchev–Trinajstić information content (AvgIpc) is 2.28. The summed E-state index contributed by atoms with van der Waals surface area (Å²) in [6.07, 6.45) is 0.250. The van der Waals surface area contributed by atoms with Crippen LogP contribution in [0.1, 0.15) is 19.8 Å². The molecule has 17 heavy (non-hydrogen) atoms. The first-order valence-corrected chi connectivity index (χ1v) is 7.40. The van der Waals surface area contributed by atoms with Crippen molar-refractivity contribution in [1.82, 2.24) is 4.31 Å². The number of hydrogen-bond acceptors (Lipinski definition) is 4. The first-order valence-electron chi connectivity index (χ1n) is 5.25. The Hall–Kier alpha value is -0.820. The monoisotopic (exact) mass is 277 g/mol. The van der Waals surface area contributed by atoms with Crippen molar-refractivity contribution >= 4 is 21.6 Å². The van der Waals surface area contributed by atoms with Crippen LogP contribution in [0.4, 0.5) is 0 Å². The second-order valence-electron chi connectivity index (χ2n) is 3.75. The number of sulfonamides is 1. The van der Waals surface area contributed by atoms with E-state index in [-0.39, 0.29) is 43.5 Å². The number of nitrogens with zero attached hydrogens (tertiary/aromatic N) is 3. The molecule has 0 saturated heterocycles. The van der Waals surface area contributed by atoms with Crippen molar-refractivity contribution < 1.29 is 8.42 Å². The smallest absolute Gasteiger partial charge is 0.212 e. The van der Waals surface area contributed by atoms with Crippen LogP contribution < -0.4 is 0 Å². The fourth-order valence-corrected chi connectivity index (χ4v) is 3.27. The summed E-state index contributed by atoms with van der Waals surface area (Å²) in [5.41, 5.74) is 0. The number of nitriles is 2. The summed E-state index contributed by atoms with van der Waals surface area (Å²) in [6.45, 7) is 2.02. The largest absolute Gasteiger partial charge is 0.214 e. The zero-order valence-electron chi connectivity index (χ0n) is 9.76. The minimum atomic E-state index is -3.43. The third-order valence-corrected chi connectivity index (χ3v) is 4.77. The molecule has 5 nitrogen and oxygen atoms in total. The SMILES string of the molecule is CC(CCl)CS(=O)(=O)N(CCC#N)CCC#N. The molecule has 1 atom stereocenters. The molecule has 0 saturated carbocycles. The van der Waals surface area contributed by atoms with Crippen LogP contribution in [0, 0.1) is 28.6 Å². The lowest BCUT2D eigenvalue weighted by Gasteiger charge is -2.21. The van der Waals surface area contributed by atoms with Crippen molar-refractivity contribution in [3.05, 3.63) is 0 Å². The maximum absolute atomic E-state index is 12.0. The van der Waals surface area contributed by atoms with Gasteiger partial charge in [0.2, 0.25) is 10.0 Å². The highest BCUT2D eigenvalue weighted by Crippen LogP contribution is 2.10. The Bertz CT molecular complexity index is 379. The van der Waals surface area contributed by atoms with Gasteiger partial charge >= 0.3 is 0 Å². The average molecular weight is 278 g/mol. The second kappa shape index (κ2) is 8.30. The van der Waals surface area contributed by atoms with Crippen LogP contribution in [0.3, 0.4) is 0 Å². The first kappa shape index (κ1) is 16.2. The summed E-state index contributed by atoms with van der Waals surface area (Å²) in [5.74, 6) is 0.0741. The maximum Gasteiger partial charge on any atom is 0.214 e. The maximum atomic E-state index is 12.0. The van der Waals surface area contributed by atoms with Gasteiger partial charge in [0, 0.05) is 31.8 Å². The predicted molar refractivity (Wildman–Crippen MR) is 65.7 cm³/mol. The van der Waals surface area contributed by atoms with Crippen molar-refractivity contribution in [2.24, 2.45) is 5.92 Å². The molecule has 0 spiro atoms. The molecule has 0 aromatic heterocycles. The van der Waals surface area contributed by atoms with Crippen molar-refractivity contribution in [2.45, 2.75) is 19.8 Å². The van der Waals surface area contributed by atoms with Crippen molar-refractivity contribution in [1.29, 1.82) is 10.5 Å². The summed E-state index contributed by atoms with van der Waals surface area (Å²) in [5, 5.41) is 17.0. The molecule has 0 heterocycles. The second-order valence-corrected chi connectivity index (χ2v) is 6.08. The van der Waals surface area contributed by atoms with Gasteiger partial charge in [0.05, 0.1) is 17.9 Å². The lowest BCUT2D eigenvalue weighted by atomic mass is 10.3. The normalized spacial score (nSPS) is 13.0. The van der Waals surface area contributed by atoms with Crippen LogP contribution in [0.5, 0.6) is 0 Å². The van der Waals surface area contributed by atoms with Gasteiger partial charge in [-0.3, -0.25) is 0 Å². The lowest BCUT2D eigenvalue weighted by Crippen LogP contribution is -2.36. The molecular formula is C10H16ClN3O2S. The Balaban J connectivity index is 4.65. The molecule has 0 aliphatic rings. The summed E-state index contributed by atoms with van der Waals surface area (Å²) in [7, 11) is -3.43. The van der Waals surface area contributed by atoms with Gasteiger partial charge in [-0.05, 0) is 5.92 Å². The quantitative estimate of drug-likeness (QED) is 0.626. The number of hydrogen-bond donors (Lipinski definition) is 0. The third-order valence-electron chi connectivity index (χ3n) is 2.10. The molecule has 0 rings (SSSR count). The molecular weight excluding hydrogens is 262 g/mol. The molecule has 0 radical (unpaired) electrons. The van der Waals surface area contributed by atoms with Gasteiger partial charge in [-0.25, -0.2) is 8.42 Å². The van der Waals surface area contributed by atoms with Gasteiger partial charge in [0.15, 0.2) is 0 Å². The topological polar surface area (TPSA) is 85.0 Å². The van der Waals surface area contributed by atoms with Crippen LogP contribution >= 0.6 is 11.6 Å². The van der Waals surface area contributed by atoms with Crippen LogP contribution in [-0.4, -0.2) is 37.4 Å². The molecule has 0 aromatic rings. The summed E-state index contributed by atoms with van der Waals surface area (Å²) < 4.78 is 25.1. The van der Waals surface area contributed by atoms with E-state index in [2.05, 4.69) is 0 Å². The van der Waals surface area contributed by atoms with E-state index in [9.17, 15) is 8.42 Å². The highest BCUT2D eigenvalue weighted by atomic mass is 35.5. The standard InChI is InChI=1S/C10H16ClN3O2S/c1-10(8-11)9-17(15,16)14(6-2-4-12)7-3-5-13/h10H,2-3,6-9H2,1H3. The molecule has 96 valence electrons. The Morgan fingerprint density at radius 1 is 1.24 bits per heavy atom. The first-order chi connectivity index (χ1) is 7.97. The zero-order chi connectivity index (χ0) is 13.3. The number of alkyl halides is 1. The minimum absolute atomic E-state index is 0.0483. The van der Waals surface area contributed by atoms with E-state index in [1.165, 1.54) is 4.31 Å². The highest BCUT2D eigenvalue weighted by molar-refractivity contribution is 7.89. The van der Waals surface area contributed by atoms with Crippen LogP contribution in [0.15, 0.2) is 0 Å². The van der Waals surface area contributed by atoms with Gasteiger partial charge in [-0.2, -0.15) is 14.8 Å². The van der Waals surface area contributed by atoms with Crippen molar-refractivity contribution in [2.75, 3.05) is 24.7 Å². The van der Waals surface area contributed by atoms with Gasteiger partial charge in [0.1, 0.15) is 0 Å². The highest BCUT2D eigenvalue weighted by Gasteiger charge is 2.23. The van der Waals surface area contributed by atoms with E-state index in [1.807, 2.05) is 12.1 Å². The molecule has 0 aliphatic heterocycles. The number of rotatable bonds is 8. The van der Waals surface area contributed by atoms with E-state index in [0.717, 1.165) is 0 Å². The predicted octanol–water partition coefficient (Wildman–Crippen LogP) is 1.32. The molecule has 0 bridgehead atoms. The van der Waals surface area contributed by atoms with E-state index in [4.69, 9.17) is 22.1 Å². The molecule has 0 aromatic carbocycles. The Morgan fingerprint density at radius 2 is 1.71 bits per heavy atom. The van der Waals surface area contributed by atoms with Gasteiger partial charge < -0.3 is 0 Å². The summed E-state index contributed by atoms with van der Waals surface area (Å²) >= 11 is 5.58.